The van der Waals surface area contributed by atoms with Crippen molar-refractivity contribution in [2.24, 2.45) is 5.73 Å². The van der Waals surface area contributed by atoms with Gasteiger partial charge >= 0.3 is 0 Å². The van der Waals surface area contributed by atoms with Crippen molar-refractivity contribution in [3.05, 3.63) is 86.4 Å². The molecule has 0 saturated carbocycles. The molecule has 2 aromatic rings. The maximum absolute atomic E-state index is 12.0. The van der Waals surface area contributed by atoms with Crippen LogP contribution >= 0.6 is 11.8 Å². The molecule has 1 heterocycles. The summed E-state index contributed by atoms with van der Waals surface area (Å²) >= 11 is 1.18. The van der Waals surface area contributed by atoms with Crippen molar-refractivity contribution in [3.8, 4) is 11.8 Å². The lowest BCUT2D eigenvalue weighted by Crippen LogP contribution is -2.37. The van der Waals surface area contributed by atoms with E-state index in [1.807, 2.05) is 30.3 Å². The topological polar surface area (TPSA) is 102 Å². The number of benzene rings is 2. The molecule has 0 radical (unpaired) electrons. The van der Waals surface area contributed by atoms with Crippen LogP contribution in [-0.2, 0) is 0 Å². The second-order valence-electron chi connectivity index (χ2n) is 5.87. The summed E-state index contributed by atoms with van der Waals surface area (Å²) in [5, 5.41) is 21.5. The summed E-state index contributed by atoms with van der Waals surface area (Å²) < 4.78 is 5.24. The molecule has 7 heteroatoms. The van der Waals surface area contributed by atoms with Gasteiger partial charge < -0.3 is 10.5 Å². The lowest BCUT2D eigenvalue weighted by molar-refractivity contribution is -0.525. The fraction of sp³-hybridized carbons (Fsp3) is 0.211. The lowest BCUT2D eigenvalue weighted by Gasteiger charge is -2.32. The monoisotopic (exact) mass is 367 g/mol. The highest BCUT2D eigenvalue weighted by Crippen LogP contribution is 2.50. The van der Waals surface area contributed by atoms with Gasteiger partial charge in [-0.3, -0.25) is 10.1 Å². The van der Waals surface area contributed by atoms with E-state index in [9.17, 15) is 15.4 Å². The molecule has 6 nitrogen and oxygen atoms in total. The van der Waals surface area contributed by atoms with Crippen molar-refractivity contribution in [3.63, 3.8) is 0 Å². The molecule has 0 bridgehead atoms. The third-order valence-corrected chi connectivity index (χ3v) is 5.71. The molecule has 132 valence electrons. The number of thioether (sulfide) groups is 1. The number of nitrogens with two attached hydrogens (primary N) is 1. The van der Waals surface area contributed by atoms with E-state index in [1.165, 1.54) is 18.9 Å². The Hall–Kier alpha value is -2.98. The van der Waals surface area contributed by atoms with Crippen molar-refractivity contribution in [2.45, 2.75) is 17.2 Å². The zero-order valence-electron chi connectivity index (χ0n) is 14.0. The van der Waals surface area contributed by atoms with Gasteiger partial charge in [-0.2, -0.15) is 5.26 Å². The van der Waals surface area contributed by atoms with Crippen LogP contribution < -0.4 is 10.5 Å². The minimum absolute atomic E-state index is 0.233. The highest BCUT2D eigenvalue weighted by Gasteiger charge is 2.48. The molecule has 0 fully saturated rings. The van der Waals surface area contributed by atoms with Crippen LogP contribution in [0.1, 0.15) is 22.3 Å². The van der Waals surface area contributed by atoms with Gasteiger partial charge in [0.1, 0.15) is 11.0 Å². The highest BCUT2D eigenvalue weighted by molar-refractivity contribution is 8.03. The third kappa shape index (κ3) is 3.24. The summed E-state index contributed by atoms with van der Waals surface area (Å²) in [6.07, 6.45) is 0. The smallest absolute Gasteiger partial charge is 0.240 e. The second kappa shape index (κ2) is 7.50. The molecular formula is C19H17N3O3S. The molecule has 2 N–H and O–H groups in total. The van der Waals surface area contributed by atoms with E-state index < -0.39 is 17.2 Å². The number of nitro groups is 1. The summed E-state index contributed by atoms with van der Waals surface area (Å²) in [5.41, 5.74) is 7.83. The van der Waals surface area contributed by atoms with E-state index in [0.717, 1.165) is 5.56 Å². The van der Waals surface area contributed by atoms with Gasteiger partial charge in [0.15, 0.2) is 0 Å². The fourth-order valence-electron chi connectivity index (χ4n) is 3.23. The number of hydrogen-bond donors (Lipinski definition) is 1. The Balaban J connectivity index is 2.18. The van der Waals surface area contributed by atoms with E-state index >= 15 is 0 Å². The van der Waals surface area contributed by atoms with Gasteiger partial charge in [-0.05, 0) is 23.3 Å². The van der Waals surface area contributed by atoms with Gasteiger partial charge in [0.05, 0.1) is 29.7 Å². The molecule has 26 heavy (non-hydrogen) atoms. The first-order valence-corrected chi connectivity index (χ1v) is 8.83. The zero-order chi connectivity index (χ0) is 18.7. The van der Waals surface area contributed by atoms with E-state index in [-0.39, 0.29) is 10.5 Å². The van der Waals surface area contributed by atoms with Gasteiger partial charge in [-0.25, -0.2) is 0 Å². The van der Waals surface area contributed by atoms with Crippen LogP contribution in [-0.4, -0.2) is 18.1 Å². The Kier molecular flexibility index (Phi) is 5.14. The summed E-state index contributed by atoms with van der Waals surface area (Å²) in [6.45, 7) is 0. The Labute approximate surface area is 155 Å². The number of ether oxygens (including phenoxy) is 1. The average Bonchev–Trinajstić information content (AvgIpc) is 2.67. The Morgan fingerprint density at radius 2 is 1.88 bits per heavy atom. The van der Waals surface area contributed by atoms with E-state index in [2.05, 4.69) is 6.07 Å². The van der Waals surface area contributed by atoms with Gasteiger partial charge in [-0.1, -0.05) is 54.2 Å². The third-order valence-electron chi connectivity index (χ3n) is 4.43. The van der Waals surface area contributed by atoms with Crippen LogP contribution in [0.3, 0.4) is 0 Å². The molecule has 1 aliphatic heterocycles. The van der Waals surface area contributed by atoms with E-state index in [0.29, 0.717) is 16.3 Å². The van der Waals surface area contributed by atoms with Crippen molar-refractivity contribution in [1.82, 2.24) is 0 Å². The molecule has 0 spiro atoms. The number of nitriles is 1. The minimum Gasteiger partial charge on any atom is -0.497 e. The molecule has 1 aliphatic rings. The van der Waals surface area contributed by atoms with E-state index in [1.54, 1.807) is 24.3 Å². The van der Waals surface area contributed by atoms with Gasteiger partial charge in [0, 0.05) is 4.92 Å². The molecule has 0 saturated heterocycles. The predicted octanol–water partition coefficient (Wildman–Crippen LogP) is 3.61. The molecule has 2 aromatic carbocycles. The van der Waals surface area contributed by atoms with Crippen molar-refractivity contribution >= 4 is 11.8 Å². The first-order valence-electron chi connectivity index (χ1n) is 7.95. The van der Waals surface area contributed by atoms with Crippen LogP contribution in [0.2, 0.25) is 0 Å². The molecular weight excluding hydrogens is 350 g/mol. The number of rotatable bonds is 4. The van der Waals surface area contributed by atoms with Crippen molar-refractivity contribution in [2.75, 3.05) is 7.11 Å². The van der Waals surface area contributed by atoms with Gasteiger partial charge in [0.2, 0.25) is 6.04 Å². The first kappa shape index (κ1) is 17.8. The van der Waals surface area contributed by atoms with Crippen molar-refractivity contribution < 1.29 is 9.66 Å². The van der Waals surface area contributed by atoms with E-state index in [4.69, 9.17) is 10.5 Å². The molecule has 3 atom stereocenters. The van der Waals surface area contributed by atoms with Crippen LogP contribution in [0.5, 0.6) is 5.75 Å². The maximum atomic E-state index is 12.0. The van der Waals surface area contributed by atoms with Crippen LogP contribution in [0.25, 0.3) is 0 Å². The second-order valence-corrected chi connectivity index (χ2v) is 7.05. The van der Waals surface area contributed by atoms with Crippen molar-refractivity contribution in [1.29, 1.82) is 5.26 Å². The molecule has 3 rings (SSSR count). The Morgan fingerprint density at radius 3 is 2.50 bits per heavy atom. The highest BCUT2D eigenvalue weighted by atomic mass is 32.2. The summed E-state index contributed by atoms with van der Waals surface area (Å²) in [7, 11) is 1.53. The van der Waals surface area contributed by atoms with Crippen LogP contribution in [0.4, 0.5) is 0 Å². The summed E-state index contributed by atoms with van der Waals surface area (Å²) in [4.78, 5) is 11.7. The summed E-state index contributed by atoms with van der Waals surface area (Å²) in [5.74, 6) is -0.161. The zero-order valence-corrected chi connectivity index (χ0v) is 14.8. The maximum Gasteiger partial charge on any atom is 0.240 e. The molecule has 0 unspecified atom stereocenters. The Morgan fingerprint density at radius 1 is 1.19 bits per heavy atom. The fourth-order valence-corrected chi connectivity index (χ4v) is 4.49. The standard InChI is InChI=1S/C19H17N3O3S/c1-25-14-9-5-8-13(10-14)16-15(11-20)19(21)26-18(17(16)22(23)24)12-6-3-2-4-7-12/h2-10,16-18H,21H2,1H3/t16-,17-,18+/m1/s1. The molecule has 0 aliphatic carbocycles. The predicted molar refractivity (Wildman–Crippen MR) is 100 cm³/mol. The average molecular weight is 367 g/mol. The van der Waals surface area contributed by atoms with Gasteiger partial charge in [0.25, 0.3) is 0 Å². The largest absolute Gasteiger partial charge is 0.497 e. The number of methoxy groups -OCH3 is 1. The quantitative estimate of drug-likeness (QED) is 0.654. The molecule has 0 aromatic heterocycles. The van der Waals surface area contributed by atoms with Gasteiger partial charge in [-0.15, -0.1) is 0 Å². The normalized spacial score (nSPS) is 22.5. The van der Waals surface area contributed by atoms with Crippen LogP contribution in [0, 0.1) is 21.4 Å². The Bertz CT molecular complexity index is 892. The number of hydrogen-bond acceptors (Lipinski definition) is 6. The minimum atomic E-state index is -1.02. The SMILES string of the molecule is COc1cccc([C@@H]2C(C#N)=C(N)S[C@@H](c3ccccc3)[C@@H]2[N+](=O)[O-])c1. The molecule has 0 amide bonds. The number of nitrogens with zero attached hydrogens (tertiary/aromatic N) is 2. The lowest BCUT2D eigenvalue weighted by atomic mass is 9.82. The first-order chi connectivity index (χ1) is 12.6. The summed E-state index contributed by atoms with van der Waals surface area (Å²) in [6, 6.07) is 17.3. The van der Waals surface area contributed by atoms with Crippen LogP contribution in [0.15, 0.2) is 65.2 Å².